The van der Waals surface area contributed by atoms with Crippen LogP contribution in [0, 0.1) is 11.6 Å². The fourth-order valence-corrected chi connectivity index (χ4v) is 1.85. The van der Waals surface area contributed by atoms with Crippen LogP contribution in [0.3, 0.4) is 0 Å². The van der Waals surface area contributed by atoms with Crippen molar-refractivity contribution >= 4 is 21.8 Å². The van der Waals surface area contributed by atoms with Gasteiger partial charge in [-0.3, -0.25) is 0 Å². The molecule has 2 rings (SSSR count). The maximum atomic E-state index is 13.7. The molecule has 0 bridgehead atoms. The lowest BCUT2D eigenvalue weighted by Crippen LogP contribution is -2.14. The second-order valence-electron chi connectivity index (χ2n) is 3.80. The highest BCUT2D eigenvalue weighted by Crippen LogP contribution is 2.29. The van der Waals surface area contributed by atoms with Gasteiger partial charge in [0.05, 0.1) is 5.56 Å². The Morgan fingerprint density at radius 1 is 1.15 bits per heavy atom. The lowest BCUT2D eigenvalue weighted by atomic mass is 10.2. The van der Waals surface area contributed by atoms with Gasteiger partial charge >= 0.3 is 0 Å². The zero-order valence-corrected chi connectivity index (χ0v) is 11.6. The Bertz CT molecular complexity index is 677. The minimum atomic E-state index is -0.603. The lowest BCUT2D eigenvalue weighted by Gasteiger charge is -2.11. The molecular weight excluding hydrogens is 334 g/mol. The summed E-state index contributed by atoms with van der Waals surface area (Å²) in [6.45, 7) is 0. The fourth-order valence-electron chi connectivity index (χ4n) is 1.52. The molecule has 0 aliphatic carbocycles. The zero-order chi connectivity index (χ0) is 14.7. The average Bonchev–Trinajstić information content (AvgIpc) is 2.42. The molecule has 0 aliphatic heterocycles. The van der Waals surface area contributed by atoms with Gasteiger partial charge in [0.1, 0.15) is 11.6 Å². The number of ether oxygens (including phenoxy) is 1. The molecule has 104 valence electrons. The summed E-state index contributed by atoms with van der Waals surface area (Å²) in [5.74, 6) is -1.52. The second kappa shape index (κ2) is 5.87. The van der Waals surface area contributed by atoms with Crippen LogP contribution in [0.1, 0.15) is 5.56 Å². The van der Waals surface area contributed by atoms with Crippen molar-refractivity contribution in [2.45, 2.75) is 0 Å². The third-order valence-electron chi connectivity index (χ3n) is 2.44. The number of hydrogen-bond donors (Lipinski definition) is 2. The molecule has 0 aliphatic rings. The molecule has 0 spiro atoms. The average molecular weight is 343 g/mol. The van der Waals surface area contributed by atoms with E-state index in [1.165, 1.54) is 18.2 Å². The number of amidine groups is 1. The van der Waals surface area contributed by atoms with Gasteiger partial charge in [-0.25, -0.2) is 8.78 Å². The standard InChI is InChI=1S/C13H9BrF2N2O2/c14-7-1-3-12(10(16)5-7)20-11-4-2-8(15)6-9(11)13(17)18-19/h1-6,19H,(H2,17,18). The molecule has 0 heterocycles. The van der Waals surface area contributed by atoms with E-state index in [0.29, 0.717) is 4.47 Å². The van der Waals surface area contributed by atoms with Crippen molar-refractivity contribution in [1.82, 2.24) is 0 Å². The minimum absolute atomic E-state index is 0.0230. The van der Waals surface area contributed by atoms with Gasteiger partial charge in [0, 0.05) is 4.47 Å². The monoisotopic (exact) mass is 342 g/mol. The highest BCUT2D eigenvalue weighted by Gasteiger charge is 2.13. The van der Waals surface area contributed by atoms with Gasteiger partial charge in [-0.1, -0.05) is 21.1 Å². The number of rotatable bonds is 3. The molecule has 7 heteroatoms. The van der Waals surface area contributed by atoms with Gasteiger partial charge in [0.25, 0.3) is 0 Å². The van der Waals surface area contributed by atoms with Crippen LogP contribution >= 0.6 is 15.9 Å². The van der Waals surface area contributed by atoms with Crippen molar-refractivity contribution in [3.05, 3.63) is 58.1 Å². The summed E-state index contributed by atoms with van der Waals surface area (Å²) < 4.78 is 32.8. The number of benzene rings is 2. The largest absolute Gasteiger partial charge is 0.454 e. The van der Waals surface area contributed by atoms with E-state index in [1.54, 1.807) is 6.07 Å². The van der Waals surface area contributed by atoms with E-state index < -0.39 is 11.6 Å². The molecule has 0 atom stereocenters. The van der Waals surface area contributed by atoms with Crippen LogP contribution in [0.4, 0.5) is 8.78 Å². The molecule has 0 saturated heterocycles. The fraction of sp³-hybridized carbons (Fsp3) is 0. The maximum absolute atomic E-state index is 13.7. The van der Waals surface area contributed by atoms with Gasteiger partial charge in [-0.2, -0.15) is 0 Å². The van der Waals surface area contributed by atoms with Crippen LogP contribution in [-0.2, 0) is 0 Å². The molecule has 0 unspecified atom stereocenters. The molecule has 4 nitrogen and oxygen atoms in total. The highest BCUT2D eigenvalue weighted by atomic mass is 79.9. The molecule has 0 radical (unpaired) electrons. The Kier molecular flexibility index (Phi) is 4.19. The van der Waals surface area contributed by atoms with Crippen LogP contribution in [-0.4, -0.2) is 11.0 Å². The third kappa shape index (κ3) is 3.05. The lowest BCUT2D eigenvalue weighted by molar-refractivity contribution is 0.318. The van der Waals surface area contributed by atoms with E-state index in [0.717, 1.165) is 12.1 Å². The van der Waals surface area contributed by atoms with Crippen molar-refractivity contribution < 1.29 is 18.7 Å². The van der Waals surface area contributed by atoms with Crippen LogP contribution in [0.2, 0.25) is 0 Å². The van der Waals surface area contributed by atoms with Crippen LogP contribution in [0.25, 0.3) is 0 Å². The van der Waals surface area contributed by atoms with Gasteiger partial charge < -0.3 is 15.7 Å². The van der Waals surface area contributed by atoms with E-state index in [1.807, 2.05) is 0 Å². The zero-order valence-electron chi connectivity index (χ0n) is 9.98. The summed E-state index contributed by atoms with van der Waals surface area (Å²) in [5, 5.41) is 11.5. The molecule has 0 fully saturated rings. The van der Waals surface area contributed by atoms with Gasteiger partial charge in [-0.05, 0) is 36.4 Å². The molecule has 20 heavy (non-hydrogen) atoms. The Balaban J connectivity index is 2.43. The van der Waals surface area contributed by atoms with E-state index in [2.05, 4.69) is 21.1 Å². The van der Waals surface area contributed by atoms with Crippen LogP contribution in [0.5, 0.6) is 11.5 Å². The van der Waals surface area contributed by atoms with Crippen molar-refractivity contribution in [2.75, 3.05) is 0 Å². The molecule has 3 N–H and O–H groups in total. The SMILES string of the molecule is NC(=NO)c1cc(F)ccc1Oc1ccc(Br)cc1F. The molecule has 2 aromatic carbocycles. The first-order valence-electron chi connectivity index (χ1n) is 5.41. The summed E-state index contributed by atoms with van der Waals surface area (Å²) >= 11 is 3.12. The summed E-state index contributed by atoms with van der Waals surface area (Å²) in [7, 11) is 0. The summed E-state index contributed by atoms with van der Waals surface area (Å²) in [6.07, 6.45) is 0. The van der Waals surface area contributed by atoms with Gasteiger partial charge in [-0.15, -0.1) is 0 Å². The normalized spacial score (nSPS) is 11.4. The Labute approximate surface area is 121 Å². The summed E-state index contributed by atoms with van der Waals surface area (Å²) in [6, 6.07) is 7.64. The predicted octanol–water partition coefficient (Wildman–Crippen LogP) is 3.61. The first-order valence-corrected chi connectivity index (χ1v) is 6.21. The highest BCUT2D eigenvalue weighted by molar-refractivity contribution is 9.10. The minimum Gasteiger partial charge on any atom is -0.454 e. The number of nitrogens with two attached hydrogens (primary N) is 1. The van der Waals surface area contributed by atoms with E-state index in [4.69, 9.17) is 15.7 Å². The second-order valence-corrected chi connectivity index (χ2v) is 4.72. The molecule has 0 saturated carbocycles. The topological polar surface area (TPSA) is 67.8 Å². The van der Waals surface area contributed by atoms with E-state index in [9.17, 15) is 8.78 Å². The molecular formula is C13H9BrF2N2O2. The van der Waals surface area contributed by atoms with E-state index >= 15 is 0 Å². The van der Waals surface area contributed by atoms with Crippen molar-refractivity contribution in [3.63, 3.8) is 0 Å². The van der Waals surface area contributed by atoms with Crippen LogP contribution < -0.4 is 10.5 Å². The molecule has 0 aromatic heterocycles. The summed E-state index contributed by atoms with van der Waals surface area (Å²) in [5.41, 5.74) is 5.45. The Hall–Kier alpha value is -2.15. The predicted molar refractivity (Wildman–Crippen MR) is 73.1 cm³/mol. The van der Waals surface area contributed by atoms with E-state index in [-0.39, 0.29) is 22.9 Å². The number of oxime groups is 1. The van der Waals surface area contributed by atoms with Gasteiger partial charge in [0.15, 0.2) is 17.4 Å². The van der Waals surface area contributed by atoms with Crippen molar-refractivity contribution in [2.24, 2.45) is 10.9 Å². The van der Waals surface area contributed by atoms with Crippen LogP contribution in [0.15, 0.2) is 46.0 Å². The molecule has 2 aromatic rings. The molecule has 0 amide bonds. The quantitative estimate of drug-likeness (QED) is 0.387. The van der Waals surface area contributed by atoms with Crippen molar-refractivity contribution in [1.29, 1.82) is 0 Å². The number of halogens is 3. The number of hydrogen-bond acceptors (Lipinski definition) is 3. The summed E-state index contributed by atoms with van der Waals surface area (Å²) in [4.78, 5) is 0. The Morgan fingerprint density at radius 3 is 2.50 bits per heavy atom. The maximum Gasteiger partial charge on any atom is 0.173 e. The first kappa shape index (κ1) is 14.3. The Morgan fingerprint density at radius 2 is 1.85 bits per heavy atom. The smallest absolute Gasteiger partial charge is 0.173 e. The third-order valence-corrected chi connectivity index (χ3v) is 2.93. The first-order chi connectivity index (χ1) is 9.51. The van der Waals surface area contributed by atoms with Gasteiger partial charge in [0.2, 0.25) is 0 Å². The van der Waals surface area contributed by atoms with Crippen molar-refractivity contribution in [3.8, 4) is 11.5 Å². The number of nitrogens with zero attached hydrogens (tertiary/aromatic N) is 1.